The monoisotopic (exact) mass is 374 g/mol. The van der Waals surface area contributed by atoms with Gasteiger partial charge in [0.2, 0.25) is 0 Å². The summed E-state index contributed by atoms with van der Waals surface area (Å²) in [4.78, 5) is 32.2. The van der Waals surface area contributed by atoms with Crippen LogP contribution in [0.25, 0.3) is 0 Å². The first-order chi connectivity index (χ1) is 13.1. The minimum atomic E-state index is -0.282. The third-order valence-corrected chi connectivity index (χ3v) is 3.24. The van der Waals surface area contributed by atoms with Crippen molar-refractivity contribution in [3.8, 4) is 11.5 Å². The minimum Gasteiger partial charge on any atom is -0.508 e. The van der Waals surface area contributed by atoms with E-state index in [0.29, 0.717) is 30.1 Å². The maximum absolute atomic E-state index is 12.1. The number of benzene rings is 2. The van der Waals surface area contributed by atoms with E-state index in [4.69, 9.17) is 14.3 Å². The molecule has 0 spiro atoms. The van der Waals surface area contributed by atoms with Crippen molar-refractivity contribution in [2.75, 3.05) is 20.3 Å². The fourth-order valence-electron chi connectivity index (χ4n) is 1.98. The molecule has 2 aromatic rings. The van der Waals surface area contributed by atoms with E-state index in [0.717, 1.165) is 0 Å². The topological polar surface area (TPSA) is 89.9 Å². The molecule has 0 aliphatic heterocycles. The molecule has 0 aliphatic rings. The van der Waals surface area contributed by atoms with Gasteiger partial charge in [-0.05, 0) is 48.5 Å². The number of Topliss-reactive ketones (excluding diaryl/α,β-unsaturated/α-hetero) is 2. The highest BCUT2D eigenvalue weighted by molar-refractivity contribution is 6.13. The van der Waals surface area contributed by atoms with Crippen LogP contribution in [-0.4, -0.2) is 43.8 Å². The van der Waals surface area contributed by atoms with E-state index in [9.17, 15) is 14.7 Å². The summed E-state index contributed by atoms with van der Waals surface area (Å²) in [6, 6.07) is 12.5. The molecule has 6 nitrogen and oxygen atoms in total. The third kappa shape index (κ3) is 8.78. The van der Waals surface area contributed by atoms with Gasteiger partial charge < -0.3 is 19.4 Å². The molecule has 0 saturated heterocycles. The number of hydrogen-bond acceptors (Lipinski definition) is 6. The highest BCUT2D eigenvalue weighted by Gasteiger charge is 2.13. The lowest BCUT2D eigenvalue weighted by Crippen LogP contribution is -2.09. The number of carbonyl (C=O) groups excluding carboxylic acids is 3. The van der Waals surface area contributed by atoms with Crippen molar-refractivity contribution in [2.24, 2.45) is 0 Å². The maximum atomic E-state index is 12.1. The van der Waals surface area contributed by atoms with Crippen molar-refractivity contribution < 1.29 is 29.0 Å². The quantitative estimate of drug-likeness (QED) is 0.430. The van der Waals surface area contributed by atoms with Crippen LogP contribution in [-0.2, 0) is 9.53 Å². The molecule has 27 heavy (non-hydrogen) atoms. The summed E-state index contributed by atoms with van der Waals surface area (Å²) in [7, 11) is 1.59. The van der Waals surface area contributed by atoms with E-state index >= 15 is 0 Å². The summed E-state index contributed by atoms with van der Waals surface area (Å²) in [5.74, 6) is 0.183. The van der Waals surface area contributed by atoms with Crippen LogP contribution in [0.5, 0.6) is 11.5 Å². The number of aromatic hydroxyl groups is 1. The Bertz CT molecular complexity index is 677. The van der Waals surface area contributed by atoms with Gasteiger partial charge in [0, 0.05) is 18.2 Å². The van der Waals surface area contributed by atoms with Gasteiger partial charge in [0.15, 0.2) is 11.6 Å². The number of ether oxygens (including phenoxy) is 2. The van der Waals surface area contributed by atoms with E-state index in [1.54, 1.807) is 31.4 Å². The molecule has 0 atom stereocenters. The largest absolute Gasteiger partial charge is 0.508 e. The van der Waals surface area contributed by atoms with Gasteiger partial charge in [-0.2, -0.15) is 0 Å². The smallest absolute Gasteiger partial charge is 0.170 e. The summed E-state index contributed by atoms with van der Waals surface area (Å²) in [5.41, 5.74) is 0.854. The Morgan fingerprint density at radius 2 is 1.30 bits per heavy atom. The first-order valence-electron chi connectivity index (χ1n) is 8.46. The van der Waals surface area contributed by atoms with Gasteiger partial charge in [0.05, 0.1) is 13.0 Å². The molecular formula is C21H26O6. The van der Waals surface area contributed by atoms with Gasteiger partial charge in [-0.15, -0.1) is 0 Å². The molecule has 0 aliphatic carbocycles. The molecular weight excluding hydrogens is 348 g/mol. The molecule has 2 aromatic carbocycles. The summed E-state index contributed by atoms with van der Waals surface area (Å²) >= 11 is 0. The van der Waals surface area contributed by atoms with Crippen LogP contribution in [0.2, 0.25) is 0 Å². The molecule has 0 bridgehead atoms. The standard InChI is InChI=1S/C18H18O5.C2H6.CH2O/c1-22-10-11-23-16-8-4-14(5-9-16)18(21)12-17(20)13-2-6-15(19)7-3-13;2*1-2/h2-9,19H,10-12H2,1H3;1-2H3;1H2. The Morgan fingerprint density at radius 1 is 0.852 bits per heavy atom. The molecule has 0 fully saturated rings. The summed E-state index contributed by atoms with van der Waals surface area (Å²) in [5, 5.41) is 9.20. The predicted molar refractivity (Wildman–Crippen MR) is 104 cm³/mol. The van der Waals surface area contributed by atoms with Crippen molar-refractivity contribution in [1.29, 1.82) is 0 Å². The van der Waals surface area contributed by atoms with Crippen LogP contribution in [0, 0.1) is 0 Å². The van der Waals surface area contributed by atoms with Crippen molar-refractivity contribution in [2.45, 2.75) is 20.3 Å². The van der Waals surface area contributed by atoms with Crippen LogP contribution < -0.4 is 4.74 Å². The van der Waals surface area contributed by atoms with Crippen LogP contribution in [0.1, 0.15) is 41.0 Å². The van der Waals surface area contributed by atoms with Gasteiger partial charge >= 0.3 is 0 Å². The minimum absolute atomic E-state index is 0.0805. The molecule has 1 N–H and O–H groups in total. The average molecular weight is 374 g/mol. The van der Waals surface area contributed by atoms with E-state index in [1.165, 1.54) is 24.3 Å². The molecule has 0 saturated carbocycles. The molecule has 0 radical (unpaired) electrons. The number of ketones is 2. The second kappa shape index (κ2) is 14.2. The number of phenols is 1. The lowest BCUT2D eigenvalue weighted by molar-refractivity contribution is -0.0980. The van der Waals surface area contributed by atoms with E-state index in [1.807, 2.05) is 20.6 Å². The summed E-state index contributed by atoms with van der Waals surface area (Å²) in [6.45, 7) is 6.92. The third-order valence-electron chi connectivity index (χ3n) is 3.24. The molecule has 146 valence electrons. The second-order valence-corrected chi connectivity index (χ2v) is 4.94. The second-order valence-electron chi connectivity index (χ2n) is 4.94. The number of phenolic OH excluding ortho intramolecular Hbond substituents is 1. The fourth-order valence-corrected chi connectivity index (χ4v) is 1.98. The Labute approximate surface area is 159 Å². The van der Waals surface area contributed by atoms with Crippen LogP contribution >= 0.6 is 0 Å². The molecule has 0 aromatic heterocycles. The first-order valence-corrected chi connectivity index (χ1v) is 8.46. The molecule has 0 amide bonds. The number of hydrogen-bond donors (Lipinski definition) is 1. The molecule has 6 heteroatoms. The Balaban J connectivity index is 0.00000158. The summed E-state index contributed by atoms with van der Waals surface area (Å²) in [6.07, 6.45) is -0.214. The van der Waals surface area contributed by atoms with Crippen molar-refractivity contribution in [3.05, 3.63) is 59.7 Å². The Morgan fingerprint density at radius 3 is 1.74 bits per heavy atom. The van der Waals surface area contributed by atoms with Gasteiger partial charge in [0.25, 0.3) is 0 Å². The SMILES string of the molecule is C=O.CC.COCCOc1ccc(C(=O)CC(=O)c2ccc(O)cc2)cc1. The zero-order valence-corrected chi connectivity index (χ0v) is 15.9. The van der Waals surface area contributed by atoms with E-state index < -0.39 is 0 Å². The zero-order valence-electron chi connectivity index (χ0n) is 15.9. The van der Waals surface area contributed by atoms with Gasteiger partial charge in [-0.1, -0.05) is 13.8 Å². The number of carbonyl (C=O) groups is 3. The van der Waals surface area contributed by atoms with E-state index in [-0.39, 0.29) is 23.7 Å². The first kappa shape index (κ1) is 24.0. The fraction of sp³-hybridized carbons (Fsp3) is 0.286. The van der Waals surface area contributed by atoms with Crippen LogP contribution in [0.15, 0.2) is 48.5 Å². The van der Waals surface area contributed by atoms with Crippen LogP contribution in [0.3, 0.4) is 0 Å². The van der Waals surface area contributed by atoms with Gasteiger partial charge in [-0.25, -0.2) is 0 Å². The molecule has 0 heterocycles. The highest BCUT2D eigenvalue weighted by Crippen LogP contribution is 2.16. The van der Waals surface area contributed by atoms with Crippen molar-refractivity contribution >= 4 is 18.4 Å². The maximum Gasteiger partial charge on any atom is 0.170 e. The number of rotatable bonds is 8. The van der Waals surface area contributed by atoms with Gasteiger partial charge in [0.1, 0.15) is 24.9 Å². The Hall–Kier alpha value is -2.99. The lowest BCUT2D eigenvalue weighted by atomic mass is 10.0. The zero-order chi connectivity index (χ0) is 20.7. The molecule has 2 rings (SSSR count). The van der Waals surface area contributed by atoms with E-state index in [2.05, 4.69) is 0 Å². The predicted octanol–water partition coefficient (Wildman–Crippen LogP) is 3.71. The molecule has 0 unspecified atom stereocenters. The normalized spacial score (nSPS) is 9.15. The lowest BCUT2D eigenvalue weighted by Gasteiger charge is -2.06. The van der Waals surface area contributed by atoms with Crippen molar-refractivity contribution in [3.63, 3.8) is 0 Å². The summed E-state index contributed by atoms with van der Waals surface area (Å²) < 4.78 is 10.3. The van der Waals surface area contributed by atoms with Crippen molar-refractivity contribution in [1.82, 2.24) is 0 Å². The highest BCUT2D eigenvalue weighted by atomic mass is 16.5. The van der Waals surface area contributed by atoms with Gasteiger partial charge in [-0.3, -0.25) is 9.59 Å². The average Bonchev–Trinajstić information content (AvgIpc) is 2.72. The van der Waals surface area contributed by atoms with Crippen LogP contribution in [0.4, 0.5) is 0 Å². The Kier molecular flexibility index (Phi) is 12.6. The number of methoxy groups -OCH3 is 1.